The van der Waals surface area contributed by atoms with E-state index in [1.807, 2.05) is 20.8 Å². The quantitative estimate of drug-likeness (QED) is 0.685. The number of unbranched alkanes of at least 4 members (excludes halogenated alkanes) is 1. The molecule has 0 bridgehead atoms. The van der Waals surface area contributed by atoms with Crippen LogP contribution in [0.15, 0.2) is 29.2 Å². The van der Waals surface area contributed by atoms with Crippen molar-refractivity contribution in [1.29, 1.82) is 0 Å². The molecule has 1 amide bonds. The molecule has 0 unspecified atom stereocenters. The number of amides is 1. The summed E-state index contributed by atoms with van der Waals surface area (Å²) >= 11 is 0. The minimum absolute atomic E-state index is 0.0430. The minimum atomic E-state index is -3.47. The highest BCUT2D eigenvalue weighted by molar-refractivity contribution is 7.89. The van der Waals surface area contributed by atoms with E-state index in [0.717, 1.165) is 25.7 Å². The number of rotatable bonds is 9. The van der Waals surface area contributed by atoms with E-state index in [2.05, 4.69) is 10.0 Å². The molecule has 22 heavy (non-hydrogen) atoms. The predicted octanol–water partition coefficient (Wildman–Crippen LogP) is 3.14. The van der Waals surface area contributed by atoms with Gasteiger partial charge in [-0.05, 0) is 37.1 Å². The maximum Gasteiger partial charge on any atom is 0.240 e. The van der Waals surface area contributed by atoms with E-state index in [1.54, 1.807) is 12.1 Å². The molecule has 1 aromatic carbocycles. The zero-order valence-electron chi connectivity index (χ0n) is 13.6. The van der Waals surface area contributed by atoms with Crippen molar-refractivity contribution in [3.05, 3.63) is 24.3 Å². The molecule has 124 valence electrons. The third-order valence-corrected chi connectivity index (χ3v) is 4.90. The molecule has 6 heteroatoms. The number of anilines is 1. The first-order valence-electron chi connectivity index (χ1n) is 7.81. The highest BCUT2D eigenvalue weighted by atomic mass is 32.2. The number of carbonyl (C=O) groups excluding carboxylic acids is 1. The summed E-state index contributed by atoms with van der Waals surface area (Å²) in [5, 5.41) is 2.80. The lowest BCUT2D eigenvalue weighted by Gasteiger charge is -2.12. The van der Waals surface area contributed by atoms with E-state index in [1.165, 1.54) is 12.1 Å². The molecule has 0 saturated carbocycles. The average Bonchev–Trinajstić information content (AvgIpc) is 2.48. The monoisotopic (exact) mass is 326 g/mol. The number of benzene rings is 1. The van der Waals surface area contributed by atoms with Gasteiger partial charge in [-0.2, -0.15) is 0 Å². The lowest BCUT2D eigenvalue weighted by atomic mass is 10.1. The molecule has 0 aliphatic carbocycles. The Kier molecular flexibility index (Phi) is 7.55. The zero-order valence-corrected chi connectivity index (χ0v) is 14.4. The average molecular weight is 326 g/mol. The fourth-order valence-electron chi connectivity index (χ4n) is 2.01. The van der Waals surface area contributed by atoms with Crippen LogP contribution in [0, 0.1) is 5.92 Å². The van der Waals surface area contributed by atoms with Crippen LogP contribution in [-0.4, -0.2) is 20.9 Å². The Morgan fingerprint density at radius 1 is 1.14 bits per heavy atom. The Morgan fingerprint density at radius 2 is 1.77 bits per heavy atom. The van der Waals surface area contributed by atoms with E-state index in [0.29, 0.717) is 12.2 Å². The molecular formula is C16H26N2O3S. The van der Waals surface area contributed by atoms with Gasteiger partial charge in [0.15, 0.2) is 0 Å². The summed E-state index contributed by atoms with van der Waals surface area (Å²) in [5.74, 6) is -0.0948. The molecule has 1 atom stereocenters. The zero-order chi connectivity index (χ0) is 16.6. The predicted molar refractivity (Wildman–Crippen MR) is 89.2 cm³/mol. The van der Waals surface area contributed by atoms with Crippen LogP contribution in [0.25, 0.3) is 0 Å². The fraction of sp³-hybridized carbons (Fsp3) is 0.562. The van der Waals surface area contributed by atoms with Crippen molar-refractivity contribution in [3.63, 3.8) is 0 Å². The Balaban J connectivity index is 2.68. The summed E-state index contributed by atoms with van der Waals surface area (Å²) in [6, 6.07) is 6.25. The van der Waals surface area contributed by atoms with Gasteiger partial charge in [0.05, 0.1) is 4.90 Å². The third-order valence-electron chi connectivity index (χ3n) is 3.42. The topological polar surface area (TPSA) is 75.3 Å². The van der Waals surface area contributed by atoms with E-state index in [4.69, 9.17) is 0 Å². The summed E-state index contributed by atoms with van der Waals surface area (Å²) in [6.07, 6.45) is 3.53. The van der Waals surface area contributed by atoms with Crippen molar-refractivity contribution in [2.24, 2.45) is 5.92 Å². The van der Waals surface area contributed by atoms with Gasteiger partial charge in [-0.3, -0.25) is 4.79 Å². The summed E-state index contributed by atoms with van der Waals surface area (Å²) < 4.78 is 26.6. The number of sulfonamides is 1. The van der Waals surface area contributed by atoms with Crippen LogP contribution in [0.5, 0.6) is 0 Å². The fourth-order valence-corrected chi connectivity index (χ4v) is 3.09. The second-order valence-electron chi connectivity index (χ2n) is 5.45. The van der Waals surface area contributed by atoms with Crippen molar-refractivity contribution in [2.75, 3.05) is 11.9 Å². The lowest BCUT2D eigenvalue weighted by Crippen LogP contribution is -2.24. The van der Waals surface area contributed by atoms with Crippen LogP contribution in [0.4, 0.5) is 5.69 Å². The van der Waals surface area contributed by atoms with Crippen molar-refractivity contribution < 1.29 is 13.2 Å². The standard InChI is InChI=1S/C16H26N2O3S/c1-4-6-12-17-22(20,21)15-10-8-14(9-11-15)18-16(19)13(3)7-5-2/h8-11,13,17H,4-7,12H2,1-3H3,(H,18,19)/t13-/m0/s1. The number of hydrogen-bond donors (Lipinski definition) is 2. The first kappa shape index (κ1) is 18.6. The van der Waals surface area contributed by atoms with Gasteiger partial charge in [0.1, 0.15) is 0 Å². The van der Waals surface area contributed by atoms with E-state index >= 15 is 0 Å². The van der Waals surface area contributed by atoms with E-state index < -0.39 is 10.0 Å². The molecule has 0 aliphatic rings. The number of hydrogen-bond acceptors (Lipinski definition) is 3. The van der Waals surface area contributed by atoms with E-state index in [9.17, 15) is 13.2 Å². The summed E-state index contributed by atoms with van der Waals surface area (Å²) in [7, 11) is -3.47. The van der Waals surface area contributed by atoms with Gasteiger partial charge in [0.25, 0.3) is 0 Å². The van der Waals surface area contributed by atoms with Gasteiger partial charge in [0.2, 0.25) is 15.9 Å². The third kappa shape index (κ3) is 5.77. The maximum absolute atomic E-state index is 12.0. The molecule has 1 rings (SSSR count). The molecule has 2 N–H and O–H groups in total. The van der Waals surface area contributed by atoms with Gasteiger partial charge in [0, 0.05) is 18.2 Å². The molecule has 0 heterocycles. The lowest BCUT2D eigenvalue weighted by molar-refractivity contribution is -0.119. The first-order chi connectivity index (χ1) is 10.4. The molecule has 0 radical (unpaired) electrons. The Labute approximate surface area is 133 Å². The maximum atomic E-state index is 12.0. The second kappa shape index (κ2) is 8.90. The largest absolute Gasteiger partial charge is 0.326 e. The molecule has 5 nitrogen and oxygen atoms in total. The first-order valence-corrected chi connectivity index (χ1v) is 9.29. The highest BCUT2D eigenvalue weighted by Gasteiger charge is 2.14. The van der Waals surface area contributed by atoms with Gasteiger partial charge < -0.3 is 5.32 Å². The molecule has 0 aliphatic heterocycles. The smallest absolute Gasteiger partial charge is 0.240 e. The normalized spacial score (nSPS) is 12.9. The molecule has 0 aromatic heterocycles. The Morgan fingerprint density at radius 3 is 2.32 bits per heavy atom. The van der Waals surface area contributed by atoms with Crippen molar-refractivity contribution in [1.82, 2.24) is 4.72 Å². The van der Waals surface area contributed by atoms with Crippen LogP contribution >= 0.6 is 0 Å². The molecule has 0 saturated heterocycles. The Bertz CT molecular complexity index is 568. The number of carbonyl (C=O) groups is 1. The highest BCUT2D eigenvalue weighted by Crippen LogP contribution is 2.16. The van der Waals surface area contributed by atoms with Gasteiger partial charge in [-0.15, -0.1) is 0 Å². The SMILES string of the molecule is CCCCNS(=O)(=O)c1ccc(NC(=O)[C@@H](C)CCC)cc1. The van der Waals surface area contributed by atoms with Gasteiger partial charge in [-0.25, -0.2) is 13.1 Å². The summed E-state index contributed by atoms with van der Waals surface area (Å²) in [4.78, 5) is 12.1. The van der Waals surface area contributed by atoms with Crippen molar-refractivity contribution in [2.45, 2.75) is 51.3 Å². The van der Waals surface area contributed by atoms with Crippen molar-refractivity contribution >= 4 is 21.6 Å². The van der Waals surface area contributed by atoms with E-state index in [-0.39, 0.29) is 16.7 Å². The minimum Gasteiger partial charge on any atom is -0.326 e. The van der Waals surface area contributed by atoms with Crippen LogP contribution in [0.3, 0.4) is 0 Å². The molecular weight excluding hydrogens is 300 g/mol. The molecule has 1 aromatic rings. The van der Waals surface area contributed by atoms with Gasteiger partial charge >= 0.3 is 0 Å². The molecule has 0 fully saturated rings. The Hall–Kier alpha value is -1.40. The van der Waals surface area contributed by atoms with Gasteiger partial charge in [-0.1, -0.05) is 33.6 Å². The second-order valence-corrected chi connectivity index (χ2v) is 7.22. The molecule has 0 spiro atoms. The van der Waals surface area contributed by atoms with Crippen LogP contribution < -0.4 is 10.0 Å². The summed E-state index contributed by atoms with van der Waals surface area (Å²) in [5.41, 5.74) is 0.612. The summed E-state index contributed by atoms with van der Waals surface area (Å²) in [6.45, 7) is 6.36. The van der Waals surface area contributed by atoms with Crippen molar-refractivity contribution in [3.8, 4) is 0 Å². The van der Waals surface area contributed by atoms with Crippen LogP contribution in [-0.2, 0) is 14.8 Å². The van der Waals surface area contributed by atoms with Crippen LogP contribution in [0.2, 0.25) is 0 Å². The van der Waals surface area contributed by atoms with Crippen LogP contribution in [0.1, 0.15) is 46.5 Å². The number of nitrogens with one attached hydrogen (secondary N) is 2.